The van der Waals surface area contributed by atoms with Crippen LogP contribution in [0.3, 0.4) is 0 Å². The van der Waals surface area contributed by atoms with E-state index in [0.717, 1.165) is 4.68 Å². The van der Waals surface area contributed by atoms with Gasteiger partial charge < -0.3 is 5.32 Å². The summed E-state index contributed by atoms with van der Waals surface area (Å²) < 4.78 is 41.0. The predicted octanol–water partition coefficient (Wildman–Crippen LogP) is 0.450. The molecule has 2 aromatic rings. The second-order valence-electron chi connectivity index (χ2n) is 5.60. The molecular formula is C13H16F3N7O. The van der Waals surface area contributed by atoms with E-state index in [4.69, 9.17) is 0 Å². The maximum absolute atomic E-state index is 12.8. The van der Waals surface area contributed by atoms with Gasteiger partial charge in [-0.25, -0.2) is 14.6 Å². The van der Waals surface area contributed by atoms with E-state index in [9.17, 15) is 18.0 Å². The van der Waals surface area contributed by atoms with Crippen molar-refractivity contribution in [1.29, 1.82) is 0 Å². The van der Waals surface area contributed by atoms with Crippen LogP contribution < -0.4 is 5.32 Å². The Kier molecular flexibility index (Phi) is 4.24. The van der Waals surface area contributed by atoms with Crippen LogP contribution in [0.5, 0.6) is 0 Å². The Bertz CT molecular complexity index is 736. The molecule has 0 radical (unpaired) electrons. The van der Waals surface area contributed by atoms with Crippen molar-refractivity contribution in [2.75, 3.05) is 7.05 Å². The summed E-state index contributed by atoms with van der Waals surface area (Å²) >= 11 is 0. The number of hydrogen-bond donors (Lipinski definition) is 1. The molecule has 1 aliphatic heterocycles. The van der Waals surface area contributed by atoms with Crippen molar-refractivity contribution < 1.29 is 18.0 Å². The first-order chi connectivity index (χ1) is 11.4. The number of halogens is 3. The molecule has 1 N–H and O–H groups in total. The van der Waals surface area contributed by atoms with Crippen molar-refractivity contribution in [1.82, 2.24) is 34.8 Å². The van der Waals surface area contributed by atoms with Crippen LogP contribution in [0.1, 0.15) is 29.8 Å². The molecule has 8 nitrogen and oxygen atoms in total. The summed E-state index contributed by atoms with van der Waals surface area (Å²) in [5.41, 5.74) is 0. The molecular weight excluding hydrogens is 327 g/mol. The van der Waals surface area contributed by atoms with Crippen molar-refractivity contribution >= 4 is 5.91 Å². The van der Waals surface area contributed by atoms with Gasteiger partial charge in [0.25, 0.3) is 0 Å². The van der Waals surface area contributed by atoms with Gasteiger partial charge in [0.2, 0.25) is 5.91 Å². The molecule has 0 aromatic carbocycles. The minimum Gasteiger partial charge on any atom is -0.359 e. The van der Waals surface area contributed by atoms with Crippen molar-refractivity contribution in [2.45, 2.75) is 44.4 Å². The fraction of sp³-hybridized carbons (Fsp3) is 0.615. The fourth-order valence-electron chi connectivity index (χ4n) is 2.75. The van der Waals surface area contributed by atoms with Crippen LogP contribution in [-0.2, 0) is 30.7 Å². The van der Waals surface area contributed by atoms with Gasteiger partial charge in [-0.05, 0) is 6.42 Å². The Labute approximate surface area is 135 Å². The molecule has 0 spiro atoms. The summed E-state index contributed by atoms with van der Waals surface area (Å²) in [5, 5.41) is 10.3. The maximum Gasteiger partial charge on any atom is 0.408 e. The van der Waals surface area contributed by atoms with E-state index in [1.54, 1.807) is 4.68 Å². The summed E-state index contributed by atoms with van der Waals surface area (Å²) in [6.07, 6.45) is -2.11. The maximum atomic E-state index is 12.8. The van der Waals surface area contributed by atoms with E-state index >= 15 is 0 Å². The van der Waals surface area contributed by atoms with Crippen LogP contribution in [0, 0.1) is 0 Å². The van der Waals surface area contributed by atoms with Crippen LogP contribution in [0.4, 0.5) is 13.2 Å². The molecule has 1 unspecified atom stereocenters. The Morgan fingerprint density at radius 3 is 2.96 bits per heavy atom. The molecule has 130 valence electrons. The van der Waals surface area contributed by atoms with Gasteiger partial charge in [-0.15, -0.1) is 0 Å². The smallest absolute Gasteiger partial charge is 0.359 e. The van der Waals surface area contributed by atoms with Gasteiger partial charge >= 0.3 is 6.18 Å². The van der Waals surface area contributed by atoms with Crippen LogP contribution in [-0.4, -0.2) is 48.7 Å². The van der Waals surface area contributed by atoms with Crippen LogP contribution >= 0.6 is 0 Å². The Morgan fingerprint density at radius 2 is 2.25 bits per heavy atom. The fourth-order valence-corrected chi connectivity index (χ4v) is 2.75. The number of aryl methyl sites for hydroxylation is 1. The molecule has 1 aliphatic rings. The zero-order valence-corrected chi connectivity index (χ0v) is 12.9. The van der Waals surface area contributed by atoms with E-state index in [-0.39, 0.29) is 29.9 Å². The Hall–Kier alpha value is -2.46. The summed E-state index contributed by atoms with van der Waals surface area (Å²) in [6, 6.07) is 0. The molecule has 1 atom stereocenters. The number of carbonyl (C=O) groups excluding carboxylic acids is 1. The number of hydrogen-bond acceptors (Lipinski definition) is 5. The monoisotopic (exact) mass is 343 g/mol. The van der Waals surface area contributed by atoms with Crippen LogP contribution in [0.2, 0.25) is 0 Å². The number of likely N-dealkylation sites (N-methyl/N-ethyl adjacent to an activating group) is 1. The molecule has 2 aromatic heterocycles. The first-order valence-corrected chi connectivity index (χ1v) is 7.43. The molecule has 0 fully saturated rings. The molecule has 0 saturated heterocycles. The van der Waals surface area contributed by atoms with Crippen molar-refractivity contribution in [3.63, 3.8) is 0 Å². The topological polar surface area (TPSA) is 90.5 Å². The summed E-state index contributed by atoms with van der Waals surface area (Å²) in [7, 11) is 1.45. The molecule has 3 heterocycles. The molecule has 0 bridgehead atoms. The molecule has 3 rings (SSSR count). The number of carbonyl (C=O) groups is 1. The number of rotatable bonds is 4. The van der Waals surface area contributed by atoms with Gasteiger partial charge in [-0.1, -0.05) is 0 Å². The van der Waals surface area contributed by atoms with E-state index in [1.165, 1.54) is 13.4 Å². The van der Waals surface area contributed by atoms with Gasteiger partial charge in [0, 0.05) is 25.9 Å². The molecule has 0 aliphatic carbocycles. The molecule has 11 heteroatoms. The number of amides is 1. The third-order valence-corrected chi connectivity index (χ3v) is 3.85. The summed E-state index contributed by atoms with van der Waals surface area (Å²) in [5.74, 6) is 0.436. The zero-order valence-electron chi connectivity index (χ0n) is 12.9. The van der Waals surface area contributed by atoms with Crippen LogP contribution in [0.25, 0.3) is 0 Å². The SMILES string of the molecule is CNC(=O)Cc1nc(C2CCn3ncnc3C2)n(CC(F)(F)F)n1. The quantitative estimate of drug-likeness (QED) is 0.870. The highest BCUT2D eigenvalue weighted by Gasteiger charge is 2.33. The minimum absolute atomic E-state index is 0.0839. The second-order valence-corrected chi connectivity index (χ2v) is 5.60. The number of aromatic nitrogens is 6. The van der Waals surface area contributed by atoms with Crippen molar-refractivity contribution in [3.8, 4) is 0 Å². The predicted molar refractivity (Wildman–Crippen MR) is 74.9 cm³/mol. The van der Waals surface area contributed by atoms with Crippen molar-refractivity contribution in [2.24, 2.45) is 0 Å². The highest BCUT2D eigenvalue weighted by molar-refractivity contribution is 5.77. The lowest BCUT2D eigenvalue weighted by molar-refractivity contribution is -0.143. The standard InChI is InChI=1S/C13H16F3N7O/c1-17-11(24)5-9-20-12(23(21-9)6-13(14,15)16)8-2-3-22-10(4-8)18-7-19-22/h7-8H,2-6H2,1H3,(H,17,24). The summed E-state index contributed by atoms with van der Waals surface area (Å²) in [4.78, 5) is 19.8. The van der Waals surface area contributed by atoms with E-state index in [2.05, 4.69) is 25.5 Å². The molecule has 1 amide bonds. The van der Waals surface area contributed by atoms with Gasteiger partial charge in [0.15, 0.2) is 5.82 Å². The first-order valence-electron chi connectivity index (χ1n) is 7.43. The summed E-state index contributed by atoms with van der Waals surface area (Å²) in [6.45, 7) is -0.671. The van der Waals surface area contributed by atoms with E-state index in [1.807, 2.05) is 0 Å². The van der Waals surface area contributed by atoms with E-state index < -0.39 is 12.7 Å². The highest BCUT2D eigenvalue weighted by atomic mass is 19.4. The average Bonchev–Trinajstić information content (AvgIpc) is 3.11. The third kappa shape index (κ3) is 3.54. The Morgan fingerprint density at radius 1 is 1.46 bits per heavy atom. The molecule has 24 heavy (non-hydrogen) atoms. The van der Waals surface area contributed by atoms with Gasteiger partial charge in [-0.3, -0.25) is 9.48 Å². The number of nitrogens with one attached hydrogen (secondary N) is 1. The van der Waals surface area contributed by atoms with Gasteiger partial charge in [0.05, 0.1) is 6.42 Å². The van der Waals surface area contributed by atoms with E-state index in [0.29, 0.717) is 25.2 Å². The number of fused-ring (bicyclic) bond motifs is 1. The molecule has 0 saturated carbocycles. The largest absolute Gasteiger partial charge is 0.408 e. The lowest BCUT2D eigenvalue weighted by atomic mass is 9.97. The Balaban J connectivity index is 1.88. The van der Waals surface area contributed by atoms with Gasteiger partial charge in [-0.2, -0.15) is 23.4 Å². The zero-order chi connectivity index (χ0) is 17.3. The lowest BCUT2D eigenvalue weighted by Gasteiger charge is -2.22. The normalized spacial score (nSPS) is 17.6. The average molecular weight is 343 g/mol. The lowest BCUT2D eigenvalue weighted by Crippen LogP contribution is -2.25. The van der Waals surface area contributed by atoms with Crippen LogP contribution in [0.15, 0.2) is 6.33 Å². The first kappa shape index (κ1) is 16.4. The van der Waals surface area contributed by atoms with Gasteiger partial charge in [0.1, 0.15) is 24.5 Å². The number of nitrogens with zero attached hydrogens (tertiary/aromatic N) is 6. The highest BCUT2D eigenvalue weighted by Crippen LogP contribution is 2.29. The second kappa shape index (κ2) is 6.21. The minimum atomic E-state index is -4.42. The third-order valence-electron chi connectivity index (χ3n) is 3.85. The number of alkyl halides is 3. The van der Waals surface area contributed by atoms with Crippen molar-refractivity contribution in [3.05, 3.63) is 23.8 Å².